The van der Waals surface area contributed by atoms with Gasteiger partial charge < -0.3 is 15.0 Å². The van der Waals surface area contributed by atoms with Crippen molar-refractivity contribution in [3.8, 4) is 5.75 Å². The zero-order valence-electron chi connectivity index (χ0n) is 12.4. The van der Waals surface area contributed by atoms with E-state index < -0.39 is 0 Å². The summed E-state index contributed by atoms with van der Waals surface area (Å²) in [5, 5.41) is 4.85. The second kappa shape index (κ2) is 6.02. The van der Waals surface area contributed by atoms with Crippen LogP contribution in [-0.4, -0.2) is 12.1 Å². The summed E-state index contributed by atoms with van der Waals surface area (Å²) in [5.74, 6) is 0.897. The van der Waals surface area contributed by atoms with Crippen LogP contribution in [0.2, 0.25) is 0 Å². The van der Waals surface area contributed by atoms with Gasteiger partial charge in [0.2, 0.25) is 0 Å². The molecule has 0 aliphatic rings. The van der Waals surface area contributed by atoms with E-state index in [1.165, 1.54) is 22.0 Å². The Morgan fingerprint density at radius 3 is 2.86 bits per heavy atom. The standard InChI is InChI=1S/C18H20N2O/c1-13(14-6-5-7-16(10-14)21-2)19-11-15-12-20-18-9-4-3-8-17(15)18/h3-10,12-13,19-20H,11H2,1-2H3/t13-/m0/s1. The lowest BCUT2D eigenvalue weighted by molar-refractivity contribution is 0.413. The second-order valence-corrected chi connectivity index (χ2v) is 5.24. The normalized spacial score (nSPS) is 12.5. The highest BCUT2D eigenvalue weighted by molar-refractivity contribution is 5.82. The number of rotatable bonds is 5. The zero-order chi connectivity index (χ0) is 14.7. The highest BCUT2D eigenvalue weighted by atomic mass is 16.5. The summed E-state index contributed by atoms with van der Waals surface area (Å²) in [7, 11) is 1.70. The van der Waals surface area contributed by atoms with Crippen molar-refractivity contribution < 1.29 is 4.74 Å². The van der Waals surface area contributed by atoms with E-state index in [9.17, 15) is 0 Å². The average Bonchev–Trinajstić information content (AvgIpc) is 2.96. The van der Waals surface area contributed by atoms with Crippen LogP contribution < -0.4 is 10.1 Å². The van der Waals surface area contributed by atoms with E-state index in [1.54, 1.807) is 7.11 Å². The Morgan fingerprint density at radius 1 is 1.14 bits per heavy atom. The summed E-state index contributed by atoms with van der Waals surface area (Å²) >= 11 is 0. The lowest BCUT2D eigenvalue weighted by atomic mass is 10.1. The Bertz CT molecular complexity index is 733. The first-order valence-electron chi connectivity index (χ1n) is 7.20. The third kappa shape index (κ3) is 2.93. The van der Waals surface area contributed by atoms with Gasteiger partial charge in [-0.05, 0) is 36.2 Å². The fraction of sp³-hybridized carbons (Fsp3) is 0.222. The summed E-state index contributed by atoms with van der Waals surface area (Å²) in [5.41, 5.74) is 3.71. The molecular formula is C18H20N2O. The molecule has 3 rings (SSSR count). The molecule has 0 unspecified atom stereocenters. The molecule has 0 saturated heterocycles. The van der Waals surface area contributed by atoms with Gasteiger partial charge in [0.05, 0.1) is 7.11 Å². The topological polar surface area (TPSA) is 37.0 Å². The van der Waals surface area contributed by atoms with Crippen LogP contribution in [0.1, 0.15) is 24.1 Å². The fourth-order valence-corrected chi connectivity index (χ4v) is 2.57. The first kappa shape index (κ1) is 13.7. The van der Waals surface area contributed by atoms with E-state index in [0.717, 1.165) is 12.3 Å². The number of aromatic amines is 1. The number of hydrogen-bond donors (Lipinski definition) is 2. The number of aromatic nitrogens is 1. The minimum atomic E-state index is 0.272. The van der Waals surface area contributed by atoms with Gasteiger partial charge in [0.15, 0.2) is 0 Å². The largest absolute Gasteiger partial charge is 0.497 e. The van der Waals surface area contributed by atoms with Gasteiger partial charge in [-0.3, -0.25) is 0 Å². The molecule has 0 aliphatic carbocycles. The Hall–Kier alpha value is -2.26. The van der Waals surface area contributed by atoms with Crippen molar-refractivity contribution in [1.82, 2.24) is 10.3 Å². The molecule has 0 aliphatic heterocycles. The Kier molecular flexibility index (Phi) is 3.93. The van der Waals surface area contributed by atoms with Crippen molar-refractivity contribution in [3.63, 3.8) is 0 Å². The highest BCUT2D eigenvalue weighted by Gasteiger charge is 2.08. The SMILES string of the molecule is COc1cccc([C@H](C)NCc2c[nH]c3ccccc23)c1. The molecule has 2 aromatic carbocycles. The number of nitrogens with one attached hydrogen (secondary N) is 2. The van der Waals surface area contributed by atoms with Crippen molar-refractivity contribution in [2.24, 2.45) is 0 Å². The second-order valence-electron chi connectivity index (χ2n) is 5.24. The van der Waals surface area contributed by atoms with Crippen LogP contribution >= 0.6 is 0 Å². The van der Waals surface area contributed by atoms with Gasteiger partial charge >= 0.3 is 0 Å². The van der Waals surface area contributed by atoms with Crippen LogP contribution in [0.5, 0.6) is 5.75 Å². The first-order chi connectivity index (χ1) is 10.3. The van der Waals surface area contributed by atoms with E-state index in [-0.39, 0.29) is 6.04 Å². The third-order valence-electron chi connectivity index (χ3n) is 3.87. The van der Waals surface area contributed by atoms with Crippen molar-refractivity contribution in [1.29, 1.82) is 0 Å². The molecule has 108 valence electrons. The van der Waals surface area contributed by atoms with Crippen LogP contribution in [0.25, 0.3) is 10.9 Å². The number of fused-ring (bicyclic) bond motifs is 1. The molecule has 3 nitrogen and oxygen atoms in total. The average molecular weight is 280 g/mol. The van der Waals surface area contributed by atoms with E-state index in [4.69, 9.17) is 4.74 Å². The van der Waals surface area contributed by atoms with Crippen LogP contribution in [0.4, 0.5) is 0 Å². The van der Waals surface area contributed by atoms with Gasteiger partial charge in [-0.1, -0.05) is 30.3 Å². The monoisotopic (exact) mass is 280 g/mol. The van der Waals surface area contributed by atoms with Gasteiger partial charge in [0, 0.05) is 29.7 Å². The van der Waals surface area contributed by atoms with Gasteiger partial charge in [-0.25, -0.2) is 0 Å². The van der Waals surface area contributed by atoms with Crippen molar-refractivity contribution in [2.75, 3.05) is 7.11 Å². The zero-order valence-corrected chi connectivity index (χ0v) is 12.4. The van der Waals surface area contributed by atoms with Gasteiger partial charge in [-0.15, -0.1) is 0 Å². The summed E-state index contributed by atoms with van der Waals surface area (Å²) in [6.45, 7) is 3.01. The summed E-state index contributed by atoms with van der Waals surface area (Å²) in [6.07, 6.45) is 2.08. The summed E-state index contributed by atoms with van der Waals surface area (Å²) in [6, 6.07) is 16.8. The lowest BCUT2D eigenvalue weighted by Crippen LogP contribution is -2.17. The molecular weight excluding hydrogens is 260 g/mol. The van der Waals surface area contributed by atoms with E-state index >= 15 is 0 Å². The maximum atomic E-state index is 5.28. The minimum Gasteiger partial charge on any atom is -0.497 e. The number of H-pyrrole nitrogens is 1. The minimum absolute atomic E-state index is 0.272. The van der Waals surface area contributed by atoms with Crippen LogP contribution in [0, 0.1) is 0 Å². The molecule has 0 fully saturated rings. The van der Waals surface area contributed by atoms with Gasteiger partial charge in [0.1, 0.15) is 5.75 Å². The van der Waals surface area contributed by atoms with Crippen LogP contribution in [0.3, 0.4) is 0 Å². The molecule has 0 spiro atoms. The molecule has 21 heavy (non-hydrogen) atoms. The third-order valence-corrected chi connectivity index (χ3v) is 3.87. The number of methoxy groups -OCH3 is 1. The van der Waals surface area contributed by atoms with Gasteiger partial charge in [0.25, 0.3) is 0 Å². The number of ether oxygens (including phenoxy) is 1. The molecule has 0 bridgehead atoms. The van der Waals surface area contributed by atoms with E-state index in [0.29, 0.717) is 0 Å². The maximum absolute atomic E-state index is 5.28. The first-order valence-corrected chi connectivity index (χ1v) is 7.20. The molecule has 2 N–H and O–H groups in total. The number of para-hydroxylation sites is 1. The quantitative estimate of drug-likeness (QED) is 0.740. The molecule has 0 amide bonds. The fourth-order valence-electron chi connectivity index (χ4n) is 2.57. The molecule has 0 radical (unpaired) electrons. The van der Waals surface area contributed by atoms with Crippen LogP contribution in [-0.2, 0) is 6.54 Å². The lowest BCUT2D eigenvalue weighted by Gasteiger charge is -2.15. The van der Waals surface area contributed by atoms with E-state index in [2.05, 4.69) is 59.8 Å². The van der Waals surface area contributed by atoms with Gasteiger partial charge in [-0.2, -0.15) is 0 Å². The smallest absolute Gasteiger partial charge is 0.119 e. The maximum Gasteiger partial charge on any atom is 0.119 e. The summed E-state index contributed by atoms with van der Waals surface area (Å²) in [4.78, 5) is 3.31. The molecule has 1 heterocycles. The number of benzene rings is 2. The summed E-state index contributed by atoms with van der Waals surface area (Å²) < 4.78 is 5.28. The predicted octanol–water partition coefficient (Wildman–Crippen LogP) is 4.03. The number of hydrogen-bond acceptors (Lipinski definition) is 2. The highest BCUT2D eigenvalue weighted by Crippen LogP contribution is 2.21. The Balaban J connectivity index is 1.72. The Morgan fingerprint density at radius 2 is 2.00 bits per heavy atom. The predicted molar refractivity (Wildman–Crippen MR) is 86.5 cm³/mol. The van der Waals surface area contributed by atoms with E-state index in [1.807, 2.05) is 12.1 Å². The molecule has 3 heteroatoms. The van der Waals surface area contributed by atoms with Crippen LogP contribution in [0.15, 0.2) is 54.7 Å². The molecule has 3 aromatic rings. The Labute approximate surface area is 125 Å². The molecule has 1 atom stereocenters. The molecule has 0 saturated carbocycles. The molecule has 1 aromatic heterocycles. The van der Waals surface area contributed by atoms with Crippen molar-refractivity contribution in [2.45, 2.75) is 19.5 Å². The van der Waals surface area contributed by atoms with Crippen molar-refractivity contribution >= 4 is 10.9 Å². The van der Waals surface area contributed by atoms with Crippen molar-refractivity contribution in [3.05, 3.63) is 65.9 Å².